The van der Waals surface area contributed by atoms with Gasteiger partial charge in [0.15, 0.2) is 0 Å². The largest absolute Gasteiger partial charge is 0.466 e. The van der Waals surface area contributed by atoms with Crippen molar-refractivity contribution in [3.63, 3.8) is 0 Å². The fourth-order valence-corrected chi connectivity index (χ4v) is 5.62. The number of carbonyl (C=O) groups is 3. The molecule has 9 heteroatoms. The molecule has 2 amide bonds. The average Bonchev–Trinajstić information content (AvgIpc) is 3.58. The summed E-state index contributed by atoms with van der Waals surface area (Å²) in [7, 11) is 0. The molecule has 1 atom stereocenters. The molecule has 0 saturated carbocycles. The minimum Gasteiger partial charge on any atom is -0.466 e. The first-order valence-electron chi connectivity index (χ1n) is 13.3. The van der Waals surface area contributed by atoms with Crippen LogP contribution in [0.5, 0.6) is 0 Å². The number of ether oxygens (including phenoxy) is 1. The van der Waals surface area contributed by atoms with Gasteiger partial charge >= 0.3 is 5.97 Å². The molecule has 1 aliphatic heterocycles. The van der Waals surface area contributed by atoms with E-state index in [1.807, 2.05) is 54.4 Å². The van der Waals surface area contributed by atoms with Crippen molar-refractivity contribution in [3.05, 3.63) is 75.5 Å². The number of nitrogens with zero attached hydrogens (tertiary/aromatic N) is 4. The summed E-state index contributed by atoms with van der Waals surface area (Å²) in [5.74, 6) is -0.626. The Hall–Kier alpha value is -3.46. The number of rotatable bonds is 10. The molecule has 2 aromatic heterocycles. The fourth-order valence-electron chi connectivity index (χ4n) is 4.85. The minimum atomic E-state index is -0.276. The van der Waals surface area contributed by atoms with Crippen molar-refractivity contribution >= 4 is 29.1 Å². The molecule has 1 fully saturated rings. The first kappa shape index (κ1) is 27.6. The van der Waals surface area contributed by atoms with Gasteiger partial charge in [-0.25, -0.2) is 4.98 Å². The number of aromatic nitrogens is 2. The minimum absolute atomic E-state index is 0.0301. The lowest BCUT2D eigenvalue weighted by atomic mass is 9.98. The average molecular weight is 537 g/mol. The number of hydrogen-bond donors (Lipinski definition) is 0. The Morgan fingerprint density at radius 2 is 1.97 bits per heavy atom. The van der Waals surface area contributed by atoms with Crippen LogP contribution in [0, 0.1) is 12.8 Å². The maximum absolute atomic E-state index is 13.3. The molecular weight excluding hydrogens is 500 g/mol. The quantitative estimate of drug-likeness (QED) is 0.349. The van der Waals surface area contributed by atoms with Gasteiger partial charge in [0.2, 0.25) is 0 Å². The van der Waals surface area contributed by atoms with Gasteiger partial charge in [-0.3, -0.25) is 14.4 Å². The Kier molecular flexibility index (Phi) is 9.33. The molecule has 38 heavy (non-hydrogen) atoms. The second kappa shape index (κ2) is 12.9. The topological polar surface area (TPSA) is 84.7 Å². The van der Waals surface area contributed by atoms with Crippen LogP contribution >= 0.6 is 11.3 Å². The van der Waals surface area contributed by atoms with E-state index in [0.29, 0.717) is 45.0 Å². The van der Waals surface area contributed by atoms with Crippen LogP contribution in [0.25, 0.3) is 0 Å². The molecular formula is C29H36N4O4S. The molecule has 1 aromatic carbocycles. The van der Waals surface area contributed by atoms with Crippen molar-refractivity contribution in [2.45, 2.75) is 53.1 Å². The van der Waals surface area contributed by atoms with Crippen molar-refractivity contribution in [1.29, 1.82) is 0 Å². The van der Waals surface area contributed by atoms with Crippen LogP contribution in [0.3, 0.4) is 0 Å². The highest BCUT2D eigenvalue weighted by atomic mass is 32.1. The van der Waals surface area contributed by atoms with E-state index in [1.165, 1.54) is 11.3 Å². The zero-order valence-electron chi connectivity index (χ0n) is 22.4. The van der Waals surface area contributed by atoms with Crippen molar-refractivity contribution in [1.82, 2.24) is 19.4 Å². The van der Waals surface area contributed by atoms with E-state index < -0.39 is 0 Å². The van der Waals surface area contributed by atoms with E-state index in [2.05, 4.69) is 16.5 Å². The van der Waals surface area contributed by atoms with Gasteiger partial charge in [-0.2, -0.15) is 0 Å². The summed E-state index contributed by atoms with van der Waals surface area (Å²) in [4.78, 5) is 46.8. The molecule has 0 N–H and O–H groups in total. The Labute approximate surface area is 228 Å². The third kappa shape index (κ3) is 6.51. The third-order valence-corrected chi connectivity index (χ3v) is 7.67. The monoisotopic (exact) mass is 536 g/mol. The SMILES string of the molecule is CCCN(Cc1cccn1Cc1nc(C(=O)N2CCCC(C(=O)OCC)C2)cs1)C(=O)c1ccccc1C. The van der Waals surface area contributed by atoms with Gasteiger partial charge in [0, 0.05) is 42.5 Å². The molecule has 1 unspecified atom stereocenters. The highest BCUT2D eigenvalue weighted by Crippen LogP contribution is 2.22. The maximum Gasteiger partial charge on any atom is 0.310 e. The van der Waals surface area contributed by atoms with E-state index in [0.717, 1.165) is 41.1 Å². The number of piperidine rings is 1. The summed E-state index contributed by atoms with van der Waals surface area (Å²) in [6.45, 7) is 8.83. The van der Waals surface area contributed by atoms with Crippen LogP contribution < -0.4 is 0 Å². The second-order valence-corrected chi connectivity index (χ2v) is 10.6. The molecule has 3 heterocycles. The van der Waals surface area contributed by atoms with Gasteiger partial charge in [0.25, 0.3) is 11.8 Å². The molecule has 202 valence electrons. The van der Waals surface area contributed by atoms with Crippen LogP contribution in [-0.4, -0.2) is 63.4 Å². The summed E-state index contributed by atoms with van der Waals surface area (Å²) in [6.07, 6.45) is 4.36. The third-order valence-electron chi connectivity index (χ3n) is 6.84. The van der Waals surface area contributed by atoms with Crippen LogP contribution in [0.15, 0.2) is 48.0 Å². The van der Waals surface area contributed by atoms with E-state index in [4.69, 9.17) is 4.74 Å². The normalized spacial score (nSPS) is 15.3. The van der Waals surface area contributed by atoms with Crippen molar-refractivity contribution in [2.24, 2.45) is 5.92 Å². The Balaban J connectivity index is 1.43. The van der Waals surface area contributed by atoms with Crippen molar-refractivity contribution in [2.75, 3.05) is 26.2 Å². The molecule has 4 rings (SSSR count). The van der Waals surface area contributed by atoms with E-state index >= 15 is 0 Å². The lowest BCUT2D eigenvalue weighted by molar-refractivity contribution is -0.149. The Morgan fingerprint density at radius 3 is 2.74 bits per heavy atom. The van der Waals surface area contributed by atoms with Gasteiger partial charge in [-0.05, 0) is 56.9 Å². The summed E-state index contributed by atoms with van der Waals surface area (Å²) >= 11 is 1.45. The van der Waals surface area contributed by atoms with Gasteiger partial charge in [0.1, 0.15) is 10.7 Å². The van der Waals surface area contributed by atoms with Crippen LogP contribution in [0.1, 0.15) is 70.2 Å². The van der Waals surface area contributed by atoms with E-state index in [-0.39, 0.29) is 23.7 Å². The van der Waals surface area contributed by atoms with Gasteiger partial charge in [-0.1, -0.05) is 25.1 Å². The number of hydrogen-bond acceptors (Lipinski definition) is 6. The molecule has 8 nitrogen and oxygen atoms in total. The van der Waals surface area contributed by atoms with E-state index in [1.54, 1.807) is 17.2 Å². The van der Waals surface area contributed by atoms with Crippen molar-refractivity contribution < 1.29 is 19.1 Å². The molecule has 0 aliphatic carbocycles. The number of thiazole rings is 1. The lowest BCUT2D eigenvalue weighted by Crippen LogP contribution is -2.43. The smallest absolute Gasteiger partial charge is 0.310 e. The van der Waals surface area contributed by atoms with Crippen molar-refractivity contribution in [3.8, 4) is 0 Å². The molecule has 1 saturated heterocycles. The number of esters is 1. The zero-order valence-corrected chi connectivity index (χ0v) is 23.2. The fraction of sp³-hybridized carbons (Fsp3) is 0.448. The predicted octanol–water partition coefficient (Wildman–Crippen LogP) is 4.77. The summed E-state index contributed by atoms with van der Waals surface area (Å²) in [6, 6.07) is 11.7. The number of carbonyl (C=O) groups excluding carboxylic acids is 3. The Bertz CT molecular complexity index is 1270. The maximum atomic E-state index is 13.3. The number of amides is 2. The first-order valence-corrected chi connectivity index (χ1v) is 14.2. The molecule has 0 radical (unpaired) electrons. The predicted molar refractivity (Wildman–Crippen MR) is 147 cm³/mol. The highest BCUT2D eigenvalue weighted by molar-refractivity contribution is 7.09. The molecule has 3 aromatic rings. The zero-order chi connectivity index (χ0) is 27.1. The number of likely N-dealkylation sites (tertiary alicyclic amines) is 1. The summed E-state index contributed by atoms with van der Waals surface area (Å²) < 4.78 is 7.24. The van der Waals surface area contributed by atoms with E-state index in [9.17, 15) is 14.4 Å². The Morgan fingerprint density at radius 1 is 1.16 bits per heavy atom. The molecule has 1 aliphatic rings. The second-order valence-electron chi connectivity index (χ2n) is 9.64. The number of aryl methyl sites for hydroxylation is 1. The van der Waals surface area contributed by atoms with Gasteiger partial charge in [0.05, 0.1) is 25.6 Å². The first-order chi connectivity index (χ1) is 18.4. The van der Waals surface area contributed by atoms with Crippen LogP contribution in [-0.2, 0) is 22.6 Å². The summed E-state index contributed by atoms with van der Waals surface area (Å²) in [5, 5.41) is 2.61. The van der Waals surface area contributed by atoms with Crippen LogP contribution in [0.4, 0.5) is 0 Å². The lowest BCUT2D eigenvalue weighted by Gasteiger charge is -2.31. The highest BCUT2D eigenvalue weighted by Gasteiger charge is 2.30. The number of benzene rings is 1. The van der Waals surface area contributed by atoms with Gasteiger partial charge in [-0.15, -0.1) is 11.3 Å². The standard InChI is InChI=1S/C29H36N4O4S/c1-4-14-32(27(34)24-13-7-6-10-21(24)3)18-23-12-9-15-31(23)19-26-30-25(20-38-26)28(35)33-16-8-11-22(17-33)29(36)37-5-2/h6-7,9-10,12-13,15,20,22H,4-5,8,11,14,16-19H2,1-3H3. The van der Waals surface area contributed by atoms with Crippen LogP contribution in [0.2, 0.25) is 0 Å². The molecule has 0 spiro atoms. The van der Waals surface area contributed by atoms with Gasteiger partial charge < -0.3 is 19.1 Å². The summed E-state index contributed by atoms with van der Waals surface area (Å²) in [5.41, 5.74) is 3.11. The molecule has 0 bridgehead atoms.